The van der Waals surface area contributed by atoms with E-state index in [1.165, 1.54) is 37.8 Å². The number of rotatable bonds is 4. The summed E-state index contributed by atoms with van der Waals surface area (Å²) in [6.07, 6.45) is 2.37. The lowest BCUT2D eigenvalue weighted by Gasteiger charge is -2.30. The second kappa shape index (κ2) is 7.21. The zero-order valence-corrected chi connectivity index (χ0v) is 15.6. The SMILES string of the molecule is CC(=O)Nc1ccc(-c2ccc(C(=O)N[C@@H]3C[C@@H]4CCN(C4)C3)s2)cc1. The Kier molecular flexibility index (Phi) is 4.78. The molecule has 2 aliphatic heterocycles. The van der Waals surface area contributed by atoms with E-state index < -0.39 is 0 Å². The Morgan fingerprint density at radius 2 is 1.92 bits per heavy atom. The van der Waals surface area contributed by atoms with Gasteiger partial charge in [0.2, 0.25) is 5.91 Å². The first-order valence-electron chi connectivity index (χ1n) is 9.08. The fourth-order valence-corrected chi connectivity index (χ4v) is 4.87. The van der Waals surface area contributed by atoms with Crippen molar-refractivity contribution in [1.82, 2.24) is 10.2 Å². The van der Waals surface area contributed by atoms with Gasteiger partial charge in [0, 0.05) is 36.6 Å². The molecule has 2 fully saturated rings. The second-order valence-corrected chi connectivity index (χ2v) is 8.33. The molecule has 4 rings (SSSR count). The Hall–Kier alpha value is -2.18. The van der Waals surface area contributed by atoms with Gasteiger partial charge in [0.25, 0.3) is 5.91 Å². The van der Waals surface area contributed by atoms with E-state index in [4.69, 9.17) is 0 Å². The van der Waals surface area contributed by atoms with Gasteiger partial charge in [-0.25, -0.2) is 0 Å². The molecule has 3 heterocycles. The van der Waals surface area contributed by atoms with E-state index in [1.807, 2.05) is 36.4 Å². The maximum Gasteiger partial charge on any atom is 0.261 e. The summed E-state index contributed by atoms with van der Waals surface area (Å²) in [4.78, 5) is 28.0. The van der Waals surface area contributed by atoms with Crippen molar-refractivity contribution in [3.8, 4) is 10.4 Å². The average molecular weight is 369 g/mol. The maximum absolute atomic E-state index is 12.6. The van der Waals surface area contributed by atoms with Gasteiger partial charge in [-0.2, -0.15) is 0 Å². The van der Waals surface area contributed by atoms with E-state index in [1.54, 1.807) is 0 Å². The molecule has 5 nitrogen and oxygen atoms in total. The molecule has 2 aromatic rings. The number of nitrogens with one attached hydrogen (secondary N) is 2. The van der Waals surface area contributed by atoms with Crippen LogP contribution in [-0.4, -0.2) is 42.4 Å². The minimum Gasteiger partial charge on any atom is -0.347 e. The number of piperidine rings is 1. The van der Waals surface area contributed by atoms with E-state index >= 15 is 0 Å². The van der Waals surface area contributed by atoms with Crippen LogP contribution in [0.3, 0.4) is 0 Å². The van der Waals surface area contributed by atoms with Gasteiger partial charge in [0.1, 0.15) is 0 Å². The predicted molar refractivity (Wildman–Crippen MR) is 104 cm³/mol. The molecule has 2 amide bonds. The first kappa shape index (κ1) is 17.2. The van der Waals surface area contributed by atoms with Crippen LogP contribution in [0.2, 0.25) is 0 Å². The standard InChI is InChI=1S/C20H23N3O2S/c1-13(24)21-16-4-2-15(3-5-16)18-6-7-19(26-18)20(25)22-17-10-14-8-9-23(11-14)12-17/h2-7,14,17H,8-12H2,1H3,(H,21,24)(H,22,25)/t14-,17+/m0/s1. The number of carbonyl (C=O) groups excluding carboxylic acids is 2. The van der Waals surface area contributed by atoms with Crippen LogP contribution in [0.15, 0.2) is 36.4 Å². The normalized spacial score (nSPS) is 24.3. The van der Waals surface area contributed by atoms with Crippen LogP contribution in [0.1, 0.15) is 29.4 Å². The molecule has 2 saturated heterocycles. The lowest BCUT2D eigenvalue weighted by molar-refractivity contribution is -0.114. The highest BCUT2D eigenvalue weighted by Crippen LogP contribution is 2.30. The molecule has 3 atom stereocenters. The van der Waals surface area contributed by atoms with Crippen LogP contribution >= 0.6 is 11.3 Å². The molecular formula is C20H23N3O2S. The van der Waals surface area contributed by atoms with Crippen molar-refractivity contribution in [3.05, 3.63) is 41.3 Å². The van der Waals surface area contributed by atoms with Crippen molar-refractivity contribution < 1.29 is 9.59 Å². The summed E-state index contributed by atoms with van der Waals surface area (Å²) in [6.45, 7) is 4.84. The van der Waals surface area contributed by atoms with Crippen LogP contribution in [0.4, 0.5) is 5.69 Å². The molecule has 136 valence electrons. The van der Waals surface area contributed by atoms with Crippen LogP contribution in [0, 0.1) is 5.92 Å². The number of thiophene rings is 1. The molecule has 0 spiro atoms. The Morgan fingerprint density at radius 3 is 2.65 bits per heavy atom. The molecule has 0 saturated carbocycles. The molecule has 1 aromatic carbocycles. The number of fused-ring (bicyclic) bond motifs is 2. The minimum atomic E-state index is -0.0830. The van der Waals surface area contributed by atoms with E-state index in [2.05, 4.69) is 15.5 Å². The highest BCUT2D eigenvalue weighted by atomic mass is 32.1. The second-order valence-electron chi connectivity index (χ2n) is 7.24. The van der Waals surface area contributed by atoms with Crippen LogP contribution in [0.25, 0.3) is 10.4 Å². The molecule has 0 radical (unpaired) electrons. The average Bonchev–Trinajstić information content (AvgIpc) is 3.22. The molecule has 6 heteroatoms. The van der Waals surface area contributed by atoms with Crippen molar-refractivity contribution in [2.75, 3.05) is 25.0 Å². The summed E-state index contributed by atoms with van der Waals surface area (Å²) in [7, 11) is 0. The number of anilines is 1. The Bertz CT molecular complexity index is 803. The third kappa shape index (κ3) is 3.81. The van der Waals surface area contributed by atoms with Gasteiger partial charge < -0.3 is 15.5 Å². The smallest absolute Gasteiger partial charge is 0.261 e. The largest absolute Gasteiger partial charge is 0.347 e. The van der Waals surface area contributed by atoms with Crippen molar-refractivity contribution >= 4 is 28.8 Å². The molecule has 2 N–H and O–H groups in total. The molecule has 1 aromatic heterocycles. The van der Waals surface area contributed by atoms with Gasteiger partial charge in [-0.1, -0.05) is 12.1 Å². The maximum atomic E-state index is 12.6. The predicted octanol–water partition coefficient (Wildman–Crippen LogP) is 3.20. The number of nitrogens with zero attached hydrogens (tertiary/aromatic N) is 1. The summed E-state index contributed by atoms with van der Waals surface area (Å²) in [6, 6.07) is 11.8. The lowest BCUT2D eigenvalue weighted by Crippen LogP contribution is -2.46. The van der Waals surface area contributed by atoms with Gasteiger partial charge in [0.05, 0.1) is 4.88 Å². The Morgan fingerprint density at radius 1 is 1.12 bits per heavy atom. The highest BCUT2D eigenvalue weighted by Gasteiger charge is 2.33. The minimum absolute atomic E-state index is 0.0311. The fraction of sp³-hybridized carbons (Fsp3) is 0.400. The monoisotopic (exact) mass is 369 g/mol. The van der Waals surface area contributed by atoms with Crippen molar-refractivity contribution in [1.29, 1.82) is 0 Å². The number of carbonyl (C=O) groups is 2. The Labute approximate surface area is 157 Å². The van der Waals surface area contributed by atoms with Crippen molar-refractivity contribution in [2.45, 2.75) is 25.8 Å². The third-order valence-electron chi connectivity index (χ3n) is 5.12. The van der Waals surface area contributed by atoms with E-state index in [0.29, 0.717) is 0 Å². The molecular weight excluding hydrogens is 346 g/mol. The van der Waals surface area contributed by atoms with E-state index in [0.717, 1.165) is 39.9 Å². The topological polar surface area (TPSA) is 61.4 Å². The fourth-order valence-electron chi connectivity index (χ4n) is 3.96. The van der Waals surface area contributed by atoms with E-state index in [-0.39, 0.29) is 17.9 Å². The number of benzene rings is 1. The van der Waals surface area contributed by atoms with E-state index in [9.17, 15) is 9.59 Å². The highest BCUT2D eigenvalue weighted by molar-refractivity contribution is 7.17. The van der Waals surface area contributed by atoms with Crippen LogP contribution < -0.4 is 10.6 Å². The molecule has 2 aliphatic rings. The zero-order valence-electron chi connectivity index (χ0n) is 14.8. The van der Waals surface area contributed by atoms with Gasteiger partial charge in [-0.15, -0.1) is 11.3 Å². The number of amides is 2. The molecule has 26 heavy (non-hydrogen) atoms. The lowest BCUT2D eigenvalue weighted by atomic mass is 9.97. The first-order chi connectivity index (χ1) is 12.6. The van der Waals surface area contributed by atoms with Crippen LogP contribution in [-0.2, 0) is 4.79 Å². The summed E-state index contributed by atoms with van der Waals surface area (Å²) in [5.74, 6) is 0.694. The number of hydrogen-bond donors (Lipinski definition) is 2. The molecule has 0 aliphatic carbocycles. The summed E-state index contributed by atoms with van der Waals surface area (Å²) in [5, 5.41) is 5.97. The zero-order chi connectivity index (χ0) is 18.1. The summed E-state index contributed by atoms with van der Waals surface area (Å²) < 4.78 is 0. The third-order valence-corrected chi connectivity index (χ3v) is 6.25. The summed E-state index contributed by atoms with van der Waals surface area (Å²) in [5.41, 5.74) is 1.82. The van der Waals surface area contributed by atoms with Crippen LogP contribution in [0.5, 0.6) is 0 Å². The quantitative estimate of drug-likeness (QED) is 0.870. The van der Waals surface area contributed by atoms with Crippen molar-refractivity contribution in [2.24, 2.45) is 5.92 Å². The van der Waals surface area contributed by atoms with Gasteiger partial charge >= 0.3 is 0 Å². The molecule has 1 unspecified atom stereocenters. The van der Waals surface area contributed by atoms with Gasteiger partial charge in [-0.05, 0) is 55.1 Å². The van der Waals surface area contributed by atoms with Crippen molar-refractivity contribution in [3.63, 3.8) is 0 Å². The van der Waals surface area contributed by atoms with Gasteiger partial charge in [0.15, 0.2) is 0 Å². The molecule has 2 bridgehead atoms. The first-order valence-corrected chi connectivity index (χ1v) is 9.89. The Balaban J connectivity index is 1.40. The van der Waals surface area contributed by atoms with Gasteiger partial charge in [-0.3, -0.25) is 9.59 Å². The number of hydrogen-bond acceptors (Lipinski definition) is 4. The summed E-state index contributed by atoms with van der Waals surface area (Å²) >= 11 is 1.51.